The zero-order valence-electron chi connectivity index (χ0n) is 17.6. The number of halogens is 3. The average molecular weight is 463 g/mol. The molecule has 12 heteroatoms. The molecule has 3 aliphatic heterocycles. The molecule has 2 unspecified atom stereocenters. The minimum Gasteiger partial charge on any atom is -0.481 e. The molecule has 0 radical (unpaired) electrons. The van der Waals surface area contributed by atoms with E-state index in [1.54, 1.807) is 0 Å². The Morgan fingerprint density at radius 1 is 1.06 bits per heavy atom. The summed E-state index contributed by atoms with van der Waals surface area (Å²) in [6, 6.07) is 0. The number of hydrogen-bond acceptors (Lipinski definition) is 6. The summed E-state index contributed by atoms with van der Waals surface area (Å²) in [5.41, 5.74) is 1.85. The summed E-state index contributed by atoms with van der Waals surface area (Å²) >= 11 is 0. The zero-order chi connectivity index (χ0) is 23.3. The van der Waals surface area contributed by atoms with Crippen LogP contribution in [0.3, 0.4) is 0 Å². The number of aromatic nitrogens is 2. The highest BCUT2D eigenvalue weighted by Crippen LogP contribution is 2.31. The van der Waals surface area contributed by atoms with E-state index < -0.39 is 24.0 Å². The minimum atomic E-state index is -5.08. The SMILES string of the molecule is O=C(O)C(F)(F)F.O=C(O)C1CN(CC2CCOC2)Cc2ncn(CC3CCOCC3)c21. The smallest absolute Gasteiger partial charge is 0.481 e. The molecule has 3 aliphatic rings. The first-order valence-electron chi connectivity index (χ1n) is 10.6. The Morgan fingerprint density at radius 2 is 1.69 bits per heavy atom. The van der Waals surface area contributed by atoms with Crippen LogP contribution in [0.5, 0.6) is 0 Å². The molecule has 2 saturated heterocycles. The summed E-state index contributed by atoms with van der Waals surface area (Å²) < 4.78 is 44.7. The van der Waals surface area contributed by atoms with Gasteiger partial charge in [-0.1, -0.05) is 0 Å². The zero-order valence-corrected chi connectivity index (χ0v) is 17.6. The normalized spacial score (nSPS) is 24.5. The number of aliphatic carboxylic acids is 2. The maximum absolute atomic E-state index is 11.9. The van der Waals surface area contributed by atoms with Crippen molar-refractivity contribution in [3.05, 3.63) is 17.7 Å². The second-order valence-electron chi connectivity index (χ2n) is 8.40. The molecule has 32 heavy (non-hydrogen) atoms. The average Bonchev–Trinajstić information content (AvgIpc) is 3.38. The molecule has 0 aromatic carbocycles. The van der Waals surface area contributed by atoms with Crippen molar-refractivity contribution in [1.29, 1.82) is 0 Å². The third-order valence-electron chi connectivity index (χ3n) is 5.98. The second-order valence-corrected chi connectivity index (χ2v) is 8.40. The van der Waals surface area contributed by atoms with E-state index >= 15 is 0 Å². The van der Waals surface area contributed by atoms with Gasteiger partial charge in [-0.05, 0) is 31.1 Å². The number of fused-ring (bicyclic) bond motifs is 1. The Labute approximate surface area is 183 Å². The van der Waals surface area contributed by atoms with Crippen LogP contribution in [0.4, 0.5) is 13.2 Å². The summed E-state index contributed by atoms with van der Waals surface area (Å²) in [4.78, 5) is 27.6. The van der Waals surface area contributed by atoms with E-state index in [2.05, 4.69) is 14.5 Å². The predicted molar refractivity (Wildman–Crippen MR) is 104 cm³/mol. The first kappa shape index (κ1) is 24.5. The summed E-state index contributed by atoms with van der Waals surface area (Å²) in [5, 5.41) is 16.9. The van der Waals surface area contributed by atoms with Crippen LogP contribution in [0, 0.1) is 11.8 Å². The maximum Gasteiger partial charge on any atom is 0.490 e. The lowest BCUT2D eigenvalue weighted by atomic mass is 9.95. The molecule has 2 fully saturated rings. The fourth-order valence-electron chi connectivity index (χ4n) is 4.36. The molecule has 4 heterocycles. The topological polar surface area (TPSA) is 114 Å². The molecule has 1 aromatic heterocycles. The molecule has 0 bridgehead atoms. The quantitative estimate of drug-likeness (QED) is 0.681. The van der Waals surface area contributed by atoms with Gasteiger partial charge in [-0.15, -0.1) is 0 Å². The Morgan fingerprint density at radius 3 is 2.25 bits per heavy atom. The number of carboxylic acids is 2. The van der Waals surface area contributed by atoms with Crippen molar-refractivity contribution < 1.29 is 42.4 Å². The summed E-state index contributed by atoms with van der Waals surface area (Å²) in [6.45, 7) is 6.30. The highest BCUT2D eigenvalue weighted by atomic mass is 19.4. The molecule has 0 aliphatic carbocycles. The molecule has 180 valence electrons. The number of alkyl halides is 3. The Hall–Kier alpha value is -2.18. The standard InChI is InChI=1S/C18H27N3O4.C2HF3O2/c22-18(23)15-9-20(7-14-3-6-25-11-14)10-16-17(15)21(12-19-16)8-13-1-4-24-5-2-13;3-2(4,5)1(6)7/h12-15H,1-11H2,(H,22,23);(H,6,7). The molecule has 0 saturated carbocycles. The molecule has 9 nitrogen and oxygen atoms in total. The lowest BCUT2D eigenvalue weighted by Gasteiger charge is -2.33. The molecule has 4 rings (SSSR count). The van der Waals surface area contributed by atoms with Crippen LogP contribution in [0.15, 0.2) is 6.33 Å². The number of rotatable bonds is 5. The third kappa shape index (κ3) is 6.42. The van der Waals surface area contributed by atoms with Gasteiger partial charge in [0.05, 0.1) is 24.3 Å². The summed E-state index contributed by atoms with van der Waals surface area (Å²) in [5.74, 6) is -2.93. The van der Waals surface area contributed by atoms with Crippen LogP contribution in [0.1, 0.15) is 36.6 Å². The summed E-state index contributed by atoms with van der Waals surface area (Å²) in [6.07, 6.45) is -0.0888. The highest BCUT2D eigenvalue weighted by Gasteiger charge is 2.38. The Balaban J connectivity index is 0.000000360. The van der Waals surface area contributed by atoms with E-state index in [0.717, 1.165) is 76.7 Å². The largest absolute Gasteiger partial charge is 0.490 e. The molecule has 0 amide bonds. The number of ether oxygens (including phenoxy) is 2. The Bertz CT molecular complexity index is 788. The van der Waals surface area contributed by atoms with Crippen molar-refractivity contribution in [3.8, 4) is 0 Å². The van der Waals surface area contributed by atoms with Crippen molar-refractivity contribution in [3.63, 3.8) is 0 Å². The molecule has 0 spiro atoms. The van der Waals surface area contributed by atoms with Gasteiger partial charge in [-0.25, -0.2) is 9.78 Å². The highest BCUT2D eigenvalue weighted by molar-refractivity contribution is 5.76. The molecule has 2 atom stereocenters. The van der Waals surface area contributed by atoms with Gasteiger partial charge in [0.1, 0.15) is 5.92 Å². The monoisotopic (exact) mass is 463 g/mol. The lowest BCUT2D eigenvalue weighted by Crippen LogP contribution is -2.40. The van der Waals surface area contributed by atoms with Crippen molar-refractivity contribution in [2.75, 3.05) is 39.5 Å². The van der Waals surface area contributed by atoms with Crippen LogP contribution in [0.25, 0.3) is 0 Å². The van der Waals surface area contributed by atoms with E-state index in [1.807, 2.05) is 6.33 Å². The van der Waals surface area contributed by atoms with E-state index in [1.165, 1.54) is 0 Å². The van der Waals surface area contributed by atoms with E-state index in [9.17, 15) is 23.1 Å². The van der Waals surface area contributed by atoms with Crippen molar-refractivity contribution in [2.45, 2.75) is 44.4 Å². The Kier molecular flexibility index (Phi) is 8.12. The van der Waals surface area contributed by atoms with Crippen LogP contribution in [0.2, 0.25) is 0 Å². The fourth-order valence-corrected chi connectivity index (χ4v) is 4.36. The number of nitrogens with zero attached hydrogens (tertiary/aromatic N) is 3. The fraction of sp³-hybridized carbons (Fsp3) is 0.750. The first-order chi connectivity index (χ1) is 15.1. The van der Waals surface area contributed by atoms with Gasteiger partial charge in [-0.3, -0.25) is 9.69 Å². The predicted octanol–water partition coefficient (Wildman–Crippen LogP) is 1.96. The van der Waals surface area contributed by atoms with Crippen LogP contribution >= 0.6 is 0 Å². The summed E-state index contributed by atoms with van der Waals surface area (Å²) in [7, 11) is 0. The van der Waals surface area contributed by atoms with Crippen LogP contribution in [-0.4, -0.2) is 82.3 Å². The number of hydrogen-bond donors (Lipinski definition) is 2. The molecule has 1 aromatic rings. The third-order valence-corrected chi connectivity index (χ3v) is 5.98. The van der Waals surface area contributed by atoms with Crippen LogP contribution in [-0.2, 0) is 32.2 Å². The lowest BCUT2D eigenvalue weighted by molar-refractivity contribution is -0.192. The van der Waals surface area contributed by atoms with Gasteiger partial charge in [-0.2, -0.15) is 13.2 Å². The number of carboxylic acid groups (broad SMARTS) is 2. The van der Waals surface area contributed by atoms with E-state index in [0.29, 0.717) is 18.4 Å². The van der Waals surface area contributed by atoms with Gasteiger partial charge in [0.2, 0.25) is 0 Å². The van der Waals surface area contributed by atoms with Gasteiger partial charge >= 0.3 is 18.1 Å². The van der Waals surface area contributed by atoms with Gasteiger partial charge in [0, 0.05) is 46.0 Å². The van der Waals surface area contributed by atoms with Gasteiger partial charge < -0.3 is 24.3 Å². The number of carbonyl (C=O) groups is 2. The van der Waals surface area contributed by atoms with Gasteiger partial charge in [0.25, 0.3) is 0 Å². The minimum absolute atomic E-state index is 0.492. The molecular formula is C20H28F3N3O6. The van der Waals surface area contributed by atoms with Crippen molar-refractivity contribution in [1.82, 2.24) is 14.5 Å². The molecule has 2 N–H and O–H groups in total. The first-order valence-corrected chi connectivity index (χ1v) is 10.6. The van der Waals surface area contributed by atoms with Crippen molar-refractivity contribution >= 4 is 11.9 Å². The molecular weight excluding hydrogens is 435 g/mol. The van der Waals surface area contributed by atoms with E-state index in [4.69, 9.17) is 19.4 Å². The van der Waals surface area contributed by atoms with Crippen molar-refractivity contribution in [2.24, 2.45) is 11.8 Å². The van der Waals surface area contributed by atoms with Gasteiger partial charge in [0.15, 0.2) is 0 Å². The van der Waals surface area contributed by atoms with E-state index in [-0.39, 0.29) is 0 Å². The maximum atomic E-state index is 11.9. The second kappa shape index (κ2) is 10.6. The van der Waals surface area contributed by atoms with Crippen LogP contribution < -0.4 is 0 Å². The number of imidazole rings is 1.